The van der Waals surface area contributed by atoms with E-state index in [-0.39, 0.29) is 6.04 Å². The molecule has 2 bridgehead atoms. The standard InChI is InChI=1S/C17H21IN2O2/c1-3-15(20-22-2)17-10-12(8-14(19-17)9-16(17)21)11-4-6-13(18)7-5-11/h4-7,10,14,16,19,21H,3,8-9H2,1-2H3/t14?,16?,17-/m0/s1. The van der Waals surface area contributed by atoms with Crippen molar-refractivity contribution in [2.24, 2.45) is 5.16 Å². The number of fused-ring (bicyclic) bond motifs is 2. The second-order valence-corrected chi connectivity index (χ2v) is 7.16. The van der Waals surface area contributed by atoms with Gasteiger partial charge in [0.1, 0.15) is 12.6 Å². The van der Waals surface area contributed by atoms with Crippen molar-refractivity contribution in [2.45, 2.75) is 43.9 Å². The fourth-order valence-electron chi connectivity index (χ4n) is 3.59. The molecule has 118 valence electrons. The molecule has 5 heteroatoms. The Balaban J connectivity index is 2.05. The zero-order chi connectivity index (χ0) is 15.7. The maximum Gasteiger partial charge on any atom is 0.106 e. The summed E-state index contributed by atoms with van der Waals surface area (Å²) >= 11 is 2.31. The highest BCUT2D eigenvalue weighted by Gasteiger charge is 2.51. The lowest BCUT2D eigenvalue weighted by Gasteiger charge is -2.35. The Morgan fingerprint density at radius 3 is 2.82 bits per heavy atom. The van der Waals surface area contributed by atoms with Crippen LogP contribution in [0, 0.1) is 3.57 Å². The van der Waals surface area contributed by atoms with Crippen LogP contribution in [0.2, 0.25) is 0 Å². The number of oxime groups is 1. The van der Waals surface area contributed by atoms with E-state index in [0.29, 0.717) is 0 Å². The molecule has 1 aromatic carbocycles. The van der Waals surface area contributed by atoms with Crippen LogP contribution in [0.15, 0.2) is 35.5 Å². The maximum absolute atomic E-state index is 10.6. The van der Waals surface area contributed by atoms with Gasteiger partial charge >= 0.3 is 0 Å². The Kier molecular flexibility index (Phi) is 4.56. The van der Waals surface area contributed by atoms with Crippen LogP contribution in [0.3, 0.4) is 0 Å². The molecule has 3 rings (SSSR count). The monoisotopic (exact) mass is 412 g/mol. The number of nitrogens with zero attached hydrogens (tertiary/aromatic N) is 1. The van der Waals surface area contributed by atoms with E-state index in [0.717, 1.165) is 25.0 Å². The van der Waals surface area contributed by atoms with Gasteiger partial charge in [-0.3, -0.25) is 5.32 Å². The minimum atomic E-state index is -0.591. The number of hydrogen-bond donors (Lipinski definition) is 2. The summed E-state index contributed by atoms with van der Waals surface area (Å²) in [6.07, 6.45) is 4.11. The van der Waals surface area contributed by atoms with E-state index in [1.54, 1.807) is 7.11 Å². The summed E-state index contributed by atoms with van der Waals surface area (Å²) < 4.78 is 1.23. The molecule has 2 N–H and O–H groups in total. The van der Waals surface area contributed by atoms with Crippen LogP contribution >= 0.6 is 22.6 Å². The van der Waals surface area contributed by atoms with E-state index in [1.807, 2.05) is 6.92 Å². The van der Waals surface area contributed by atoms with Crippen LogP contribution in [0.25, 0.3) is 5.57 Å². The summed E-state index contributed by atoms with van der Waals surface area (Å²) in [6, 6.07) is 8.82. The summed E-state index contributed by atoms with van der Waals surface area (Å²) in [4.78, 5) is 5.01. The second-order valence-electron chi connectivity index (χ2n) is 5.92. The van der Waals surface area contributed by atoms with Gasteiger partial charge in [0.15, 0.2) is 0 Å². The van der Waals surface area contributed by atoms with Crippen molar-refractivity contribution in [3.63, 3.8) is 0 Å². The van der Waals surface area contributed by atoms with Gasteiger partial charge < -0.3 is 9.94 Å². The van der Waals surface area contributed by atoms with Gasteiger partial charge in [0.2, 0.25) is 0 Å². The quantitative estimate of drug-likeness (QED) is 0.454. The highest BCUT2D eigenvalue weighted by Crippen LogP contribution is 2.40. The molecule has 0 radical (unpaired) electrons. The topological polar surface area (TPSA) is 53.9 Å². The van der Waals surface area contributed by atoms with Gasteiger partial charge in [0.25, 0.3) is 0 Å². The molecule has 22 heavy (non-hydrogen) atoms. The number of halogens is 1. The molecule has 3 atom stereocenters. The van der Waals surface area contributed by atoms with Crippen molar-refractivity contribution in [3.05, 3.63) is 39.5 Å². The first-order valence-corrected chi connectivity index (χ1v) is 8.71. The number of hydrogen-bond acceptors (Lipinski definition) is 4. The average molecular weight is 412 g/mol. The summed E-state index contributed by atoms with van der Waals surface area (Å²) in [7, 11) is 1.55. The minimum absolute atomic E-state index is 0.280. The number of aliphatic hydroxyl groups excluding tert-OH is 1. The number of benzene rings is 1. The Hall–Kier alpha value is -0.920. The summed E-state index contributed by atoms with van der Waals surface area (Å²) in [5.41, 5.74) is 2.76. The van der Waals surface area contributed by atoms with Gasteiger partial charge in [-0.15, -0.1) is 0 Å². The normalized spacial score (nSPS) is 31.1. The highest BCUT2D eigenvalue weighted by atomic mass is 127. The lowest BCUT2D eigenvalue weighted by molar-refractivity contribution is 0.148. The first-order valence-electron chi connectivity index (χ1n) is 7.63. The minimum Gasteiger partial charge on any atom is -0.399 e. The van der Waals surface area contributed by atoms with Crippen molar-refractivity contribution >= 4 is 33.9 Å². The third kappa shape index (κ3) is 2.70. The summed E-state index contributed by atoms with van der Waals surface area (Å²) in [5.74, 6) is 0. The van der Waals surface area contributed by atoms with E-state index in [9.17, 15) is 5.11 Å². The molecule has 1 fully saturated rings. The average Bonchev–Trinajstić information content (AvgIpc) is 2.75. The zero-order valence-electron chi connectivity index (χ0n) is 12.8. The maximum atomic E-state index is 10.6. The molecule has 0 saturated carbocycles. The summed E-state index contributed by atoms with van der Waals surface area (Å²) in [6.45, 7) is 2.04. The van der Waals surface area contributed by atoms with Crippen LogP contribution in [0.4, 0.5) is 0 Å². The third-order valence-electron chi connectivity index (χ3n) is 4.57. The molecule has 2 heterocycles. The molecule has 2 unspecified atom stereocenters. The first kappa shape index (κ1) is 16.0. The third-order valence-corrected chi connectivity index (χ3v) is 5.29. The van der Waals surface area contributed by atoms with Gasteiger partial charge in [-0.25, -0.2) is 0 Å². The molecule has 1 aromatic rings. The van der Waals surface area contributed by atoms with Crippen LogP contribution in [0.5, 0.6) is 0 Å². The Bertz CT molecular complexity index is 612. The van der Waals surface area contributed by atoms with Crippen molar-refractivity contribution in [3.8, 4) is 0 Å². The SMILES string of the molecule is CCC(=NOC)[C@@]12C=C(c3ccc(I)cc3)CC(CC1O)N2. The molecular formula is C17H21IN2O2. The van der Waals surface area contributed by atoms with Crippen LogP contribution in [0.1, 0.15) is 31.7 Å². The van der Waals surface area contributed by atoms with Crippen molar-refractivity contribution in [2.75, 3.05) is 7.11 Å². The van der Waals surface area contributed by atoms with Crippen LogP contribution in [-0.4, -0.2) is 35.6 Å². The molecule has 0 amide bonds. The highest BCUT2D eigenvalue weighted by molar-refractivity contribution is 14.1. The van der Waals surface area contributed by atoms with E-state index in [4.69, 9.17) is 4.84 Å². The predicted octanol–water partition coefficient (Wildman–Crippen LogP) is 2.95. The molecule has 0 aromatic heterocycles. The molecule has 2 aliphatic rings. The summed E-state index contributed by atoms with van der Waals surface area (Å²) in [5, 5.41) is 18.4. The first-order chi connectivity index (χ1) is 10.6. The van der Waals surface area contributed by atoms with E-state index < -0.39 is 11.6 Å². The molecule has 0 aliphatic carbocycles. The van der Waals surface area contributed by atoms with E-state index in [2.05, 4.69) is 63.4 Å². The number of nitrogens with one attached hydrogen (secondary N) is 1. The van der Waals surface area contributed by atoms with Crippen molar-refractivity contribution in [1.82, 2.24) is 5.32 Å². The Morgan fingerprint density at radius 1 is 1.45 bits per heavy atom. The van der Waals surface area contributed by atoms with Crippen LogP contribution < -0.4 is 5.32 Å². The van der Waals surface area contributed by atoms with Crippen molar-refractivity contribution in [1.29, 1.82) is 0 Å². The Labute approximate surface area is 144 Å². The largest absolute Gasteiger partial charge is 0.399 e. The number of rotatable bonds is 4. The van der Waals surface area contributed by atoms with Crippen LogP contribution in [-0.2, 0) is 4.84 Å². The molecule has 0 spiro atoms. The van der Waals surface area contributed by atoms with Gasteiger partial charge in [-0.05, 0) is 65.1 Å². The van der Waals surface area contributed by atoms with Gasteiger partial charge in [0, 0.05) is 9.61 Å². The lowest BCUT2D eigenvalue weighted by Crippen LogP contribution is -2.55. The molecular weight excluding hydrogens is 391 g/mol. The molecule has 1 saturated heterocycles. The van der Waals surface area contributed by atoms with Gasteiger partial charge in [-0.1, -0.05) is 30.3 Å². The van der Waals surface area contributed by atoms with Gasteiger partial charge in [-0.2, -0.15) is 0 Å². The smallest absolute Gasteiger partial charge is 0.106 e. The van der Waals surface area contributed by atoms with Crippen molar-refractivity contribution < 1.29 is 9.94 Å². The molecule has 2 aliphatic heterocycles. The second kappa shape index (κ2) is 6.29. The zero-order valence-corrected chi connectivity index (χ0v) is 15.0. The molecule has 4 nitrogen and oxygen atoms in total. The lowest BCUT2D eigenvalue weighted by atomic mass is 9.83. The fourth-order valence-corrected chi connectivity index (χ4v) is 3.95. The predicted molar refractivity (Wildman–Crippen MR) is 96.8 cm³/mol. The Morgan fingerprint density at radius 2 is 2.18 bits per heavy atom. The fraction of sp³-hybridized carbons (Fsp3) is 0.471. The van der Waals surface area contributed by atoms with Gasteiger partial charge in [0.05, 0.1) is 11.8 Å². The van der Waals surface area contributed by atoms with E-state index in [1.165, 1.54) is 14.7 Å². The van der Waals surface area contributed by atoms with E-state index >= 15 is 0 Å². The number of aliphatic hydroxyl groups is 1.